The lowest BCUT2D eigenvalue weighted by Gasteiger charge is -2.24. The third kappa shape index (κ3) is 4.80. The molecule has 0 saturated carbocycles. The molecular formula is C23H25N5O5S. The van der Waals surface area contributed by atoms with Gasteiger partial charge in [-0.3, -0.25) is 14.3 Å². The second-order valence-electron chi connectivity index (χ2n) is 8.07. The molecule has 1 aliphatic rings. The Morgan fingerprint density at radius 3 is 2.65 bits per heavy atom. The highest BCUT2D eigenvalue weighted by Crippen LogP contribution is 2.33. The minimum atomic E-state index is -3.72. The number of para-hydroxylation sites is 2. The molecule has 0 aliphatic carbocycles. The highest BCUT2D eigenvalue weighted by molar-refractivity contribution is 7.90. The molecule has 178 valence electrons. The molecule has 0 radical (unpaired) electrons. The zero-order chi connectivity index (χ0) is 24.5. The number of carbonyl (C=O) groups is 2. The summed E-state index contributed by atoms with van der Waals surface area (Å²) in [5.74, 6) is -0.387. The molecule has 2 aromatic carbocycles. The van der Waals surface area contributed by atoms with E-state index < -0.39 is 16.1 Å². The number of hydrogen-bond acceptors (Lipinski definition) is 6. The summed E-state index contributed by atoms with van der Waals surface area (Å²) in [5.41, 5.74) is 2.68. The van der Waals surface area contributed by atoms with E-state index in [1.807, 2.05) is 12.1 Å². The summed E-state index contributed by atoms with van der Waals surface area (Å²) in [4.78, 5) is 29.4. The Balaban J connectivity index is 1.52. The van der Waals surface area contributed by atoms with Crippen molar-refractivity contribution in [2.45, 2.75) is 25.8 Å². The first-order chi connectivity index (χ1) is 16.2. The van der Waals surface area contributed by atoms with Gasteiger partial charge in [0.15, 0.2) is 0 Å². The van der Waals surface area contributed by atoms with Crippen molar-refractivity contribution in [3.63, 3.8) is 0 Å². The molecule has 0 saturated heterocycles. The van der Waals surface area contributed by atoms with Crippen molar-refractivity contribution in [2.24, 2.45) is 0 Å². The van der Waals surface area contributed by atoms with Crippen LogP contribution < -0.4 is 15.4 Å². The average molecular weight is 484 g/mol. The first kappa shape index (κ1) is 23.5. The van der Waals surface area contributed by atoms with E-state index >= 15 is 0 Å². The summed E-state index contributed by atoms with van der Waals surface area (Å²) in [7, 11) is -0.872. The third-order valence-electron chi connectivity index (χ3n) is 5.52. The lowest BCUT2D eigenvalue weighted by Crippen LogP contribution is -2.34. The largest absolute Gasteiger partial charge is 0.441 e. The summed E-state index contributed by atoms with van der Waals surface area (Å²) in [6, 6.07) is 14.0. The quantitative estimate of drug-likeness (QED) is 0.473. The van der Waals surface area contributed by atoms with Gasteiger partial charge in [-0.15, -0.1) is 0 Å². The Bertz CT molecular complexity index is 1350. The number of aromatic nitrogens is 1. The summed E-state index contributed by atoms with van der Waals surface area (Å²) >= 11 is 0. The number of aryl methyl sites for hydroxylation is 1. The Morgan fingerprint density at radius 1 is 1.18 bits per heavy atom. The van der Waals surface area contributed by atoms with Crippen molar-refractivity contribution < 1.29 is 22.4 Å². The van der Waals surface area contributed by atoms with Crippen molar-refractivity contribution in [3.8, 4) is 11.5 Å². The van der Waals surface area contributed by atoms with Gasteiger partial charge in [-0.2, -0.15) is 12.7 Å². The number of fused-ring (bicyclic) bond motifs is 1. The minimum Gasteiger partial charge on any atom is -0.441 e. The van der Waals surface area contributed by atoms with Gasteiger partial charge in [0, 0.05) is 26.2 Å². The molecule has 10 nitrogen and oxygen atoms in total. The maximum atomic E-state index is 12.9. The van der Waals surface area contributed by atoms with Crippen molar-refractivity contribution >= 4 is 33.4 Å². The summed E-state index contributed by atoms with van der Waals surface area (Å²) < 4.78 is 33.9. The Kier molecular flexibility index (Phi) is 6.40. The molecule has 2 heterocycles. The van der Waals surface area contributed by atoms with Crippen LogP contribution in [0.1, 0.15) is 29.4 Å². The molecule has 11 heteroatoms. The molecule has 1 unspecified atom stereocenters. The fraction of sp³-hybridized carbons (Fsp3) is 0.261. The van der Waals surface area contributed by atoms with Gasteiger partial charge >= 0.3 is 10.2 Å². The van der Waals surface area contributed by atoms with Crippen LogP contribution in [-0.4, -0.2) is 43.6 Å². The molecule has 2 amide bonds. The molecule has 3 aromatic rings. The predicted molar refractivity (Wildman–Crippen MR) is 127 cm³/mol. The van der Waals surface area contributed by atoms with Crippen LogP contribution >= 0.6 is 0 Å². The number of hydrogen-bond donors (Lipinski definition) is 3. The van der Waals surface area contributed by atoms with Gasteiger partial charge in [-0.05, 0) is 30.7 Å². The first-order valence-corrected chi connectivity index (χ1v) is 12.0. The molecule has 1 atom stereocenters. The summed E-state index contributed by atoms with van der Waals surface area (Å²) in [6.45, 7) is 1.81. The SMILES string of the molecule is Cc1oc(-c2ccccc2NS(=O)(=O)N(C)C)nc1CNC(=O)C1CC(=O)Nc2ccccc21. The van der Waals surface area contributed by atoms with Gasteiger partial charge < -0.3 is 15.1 Å². The number of carbonyl (C=O) groups excluding carboxylic acids is 2. The highest BCUT2D eigenvalue weighted by Gasteiger charge is 2.30. The van der Waals surface area contributed by atoms with Crippen LogP contribution in [0.15, 0.2) is 52.9 Å². The number of nitrogens with zero attached hydrogens (tertiary/aromatic N) is 2. The fourth-order valence-electron chi connectivity index (χ4n) is 3.64. The van der Waals surface area contributed by atoms with Crippen molar-refractivity contribution in [3.05, 3.63) is 65.5 Å². The van der Waals surface area contributed by atoms with E-state index in [1.54, 1.807) is 43.3 Å². The van der Waals surface area contributed by atoms with Crippen LogP contribution in [0.3, 0.4) is 0 Å². The van der Waals surface area contributed by atoms with E-state index in [1.165, 1.54) is 14.1 Å². The van der Waals surface area contributed by atoms with E-state index in [9.17, 15) is 18.0 Å². The van der Waals surface area contributed by atoms with Gasteiger partial charge in [-0.1, -0.05) is 30.3 Å². The molecule has 0 bridgehead atoms. The standard InChI is InChI=1S/C23H25N5O5S/c1-14-20(13-24-22(30)17-12-21(29)25-18-10-6-4-8-15(17)18)26-23(33-14)16-9-5-7-11-19(16)27-34(31,32)28(2)3/h4-11,17,27H,12-13H2,1-3H3,(H,24,30)(H,25,29). The zero-order valence-electron chi connectivity index (χ0n) is 19.0. The number of benzene rings is 2. The molecule has 34 heavy (non-hydrogen) atoms. The predicted octanol–water partition coefficient (Wildman–Crippen LogP) is 2.61. The van der Waals surface area contributed by atoms with E-state index in [4.69, 9.17) is 4.42 Å². The number of oxazole rings is 1. The fourth-order valence-corrected chi connectivity index (χ4v) is 4.27. The molecular weight excluding hydrogens is 458 g/mol. The normalized spacial score (nSPS) is 15.5. The van der Waals surface area contributed by atoms with E-state index in [-0.39, 0.29) is 30.7 Å². The molecule has 3 N–H and O–H groups in total. The number of nitrogens with one attached hydrogen (secondary N) is 3. The maximum absolute atomic E-state index is 12.9. The lowest BCUT2D eigenvalue weighted by molar-refractivity contribution is -0.126. The van der Waals surface area contributed by atoms with Gasteiger partial charge in [0.1, 0.15) is 11.5 Å². The summed E-state index contributed by atoms with van der Waals surface area (Å²) in [5, 5.41) is 5.62. The van der Waals surface area contributed by atoms with Crippen molar-refractivity contribution in [2.75, 3.05) is 24.1 Å². The van der Waals surface area contributed by atoms with Gasteiger partial charge in [0.25, 0.3) is 0 Å². The van der Waals surface area contributed by atoms with Crippen LogP contribution in [0.25, 0.3) is 11.5 Å². The highest BCUT2D eigenvalue weighted by atomic mass is 32.2. The second kappa shape index (κ2) is 9.27. The van der Waals surface area contributed by atoms with Crippen LogP contribution in [0.4, 0.5) is 11.4 Å². The van der Waals surface area contributed by atoms with Crippen LogP contribution in [0, 0.1) is 6.92 Å². The molecule has 0 spiro atoms. The Morgan fingerprint density at radius 2 is 1.88 bits per heavy atom. The first-order valence-electron chi connectivity index (χ1n) is 10.6. The van der Waals surface area contributed by atoms with Gasteiger partial charge in [-0.25, -0.2) is 4.98 Å². The van der Waals surface area contributed by atoms with Crippen LogP contribution in [0.2, 0.25) is 0 Å². The Hall–Kier alpha value is -3.70. The van der Waals surface area contributed by atoms with Gasteiger partial charge in [0.2, 0.25) is 17.7 Å². The van der Waals surface area contributed by atoms with Crippen molar-refractivity contribution in [1.82, 2.24) is 14.6 Å². The number of amides is 2. The zero-order valence-corrected chi connectivity index (χ0v) is 19.8. The molecule has 1 aromatic heterocycles. The molecule has 1 aliphatic heterocycles. The van der Waals surface area contributed by atoms with Crippen LogP contribution in [0.5, 0.6) is 0 Å². The second-order valence-corrected chi connectivity index (χ2v) is 9.95. The lowest BCUT2D eigenvalue weighted by atomic mass is 9.90. The van der Waals surface area contributed by atoms with E-state index in [0.29, 0.717) is 28.4 Å². The number of anilines is 2. The average Bonchev–Trinajstić information content (AvgIpc) is 3.17. The van der Waals surface area contributed by atoms with E-state index in [2.05, 4.69) is 20.3 Å². The summed E-state index contributed by atoms with van der Waals surface area (Å²) in [6.07, 6.45) is 0.0608. The molecule has 4 rings (SSSR count). The monoisotopic (exact) mass is 483 g/mol. The molecule has 0 fully saturated rings. The Labute approximate surface area is 197 Å². The van der Waals surface area contributed by atoms with Crippen LogP contribution in [-0.2, 0) is 26.3 Å². The maximum Gasteiger partial charge on any atom is 0.301 e. The smallest absolute Gasteiger partial charge is 0.301 e. The minimum absolute atomic E-state index is 0.0608. The van der Waals surface area contributed by atoms with Gasteiger partial charge in [0.05, 0.1) is 23.7 Å². The van der Waals surface area contributed by atoms with E-state index in [0.717, 1.165) is 9.87 Å². The van der Waals surface area contributed by atoms with Crippen molar-refractivity contribution in [1.29, 1.82) is 0 Å². The third-order valence-corrected chi connectivity index (χ3v) is 6.96. The number of rotatable bonds is 7. The topological polar surface area (TPSA) is 134 Å².